The summed E-state index contributed by atoms with van der Waals surface area (Å²) in [5.41, 5.74) is 2.45. The Morgan fingerprint density at radius 3 is 2.69 bits per heavy atom. The van der Waals surface area contributed by atoms with Crippen molar-refractivity contribution in [1.82, 2.24) is 10.3 Å². The highest BCUT2D eigenvalue weighted by Crippen LogP contribution is 2.06. The van der Waals surface area contributed by atoms with Crippen LogP contribution < -0.4 is 5.32 Å². The molecule has 1 aromatic rings. The number of hydrogen-bond donors (Lipinski definition) is 1. The minimum absolute atomic E-state index is 0. The van der Waals surface area contributed by atoms with Crippen LogP contribution in [0.25, 0.3) is 0 Å². The number of hydrogen-bond acceptors (Lipinski definition) is 2. The average Bonchev–Trinajstić information content (AvgIpc) is 2.26. The van der Waals surface area contributed by atoms with Crippen LogP contribution in [-0.2, 0) is 6.54 Å². The fraction of sp³-hybridized carbons (Fsp3) is 0.615. The molecule has 1 atom stereocenters. The first-order valence-corrected chi connectivity index (χ1v) is 5.91. The van der Waals surface area contributed by atoms with Crippen molar-refractivity contribution in [2.75, 3.05) is 0 Å². The van der Waals surface area contributed by atoms with Gasteiger partial charge in [-0.3, -0.25) is 4.98 Å². The second-order valence-corrected chi connectivity index (χ2v) is 4.02. The molecule has 92 valence electrons. The number of aryl methyl sites for hydroxylation is 1. The molecule has 1 heterocycles. The topological polar surface area (TPSA) is 24.9 Å². The van der Waals surface area contributed by atoms with Crippen LogP contribution in [0.4, 0.5) is 0 Å². The maximum absolute atomic E-state index is 4.29. The Kier molecular flexibility index (Phi) is 8.22. The van der Waals surface area contributed by atoms with Gasteiger partial charge in [0, 0.05) is 24.5 Å². The maximum Gasteiger partial charge on any atom is 0.0417 e. The SMILES string of the molecule is CCCC(CC)NCc1cccnc1C.Cl. The smallest absolute Gasteiger partial charge is 0.0417 e. The molecule has 0 amide bonds. The average molecular weight is 243 g/mol. The van der Waals surface area contributed by atoms with Crippen molar-refractivity contribution in [2.24, 2.45) is 0 Å². The van der Waals surface area contributed by atoms with Crippen molar-refractivity contribution in [3.05, 3.63) is 29.6 Å². The Morgan fingerprint density at radius 2 is 2.12 bits per heavy atom. The third-order valence-electron chi connectivity index (χ3n) is 2.83. The zero-order valence-electron chi connectivity index (χ0n) is 10.5. The van der Waals surface area contributed by atoms with Crippen molar-refractivity contribution < 1.29 is 0 Å². The van der Waals surface area contributed by atoms with Gasteiger partial charge in [-0.1, -0.05) is 26.3 Å². The predicted molar refractivity (Wildman–Crippen MR) is 72.0 cm³/mol. The molecule has 0 bridgehead atoms. The van der Waals surface area contributed by atoms with Gasteiger partial charge in [0.2, 0.25) is 0 Å². The Labute approximate surface area is 105 Å². The monoisotopic (exact) mass is 242 g/mol. The lowest BCUT2D eigenvalue weighted by Gasteiger charge is -2.16. The first-order chi connectivity index (χ1) is 7.27. The second-order valence-electron chi connectivity index (χ2n) is 4.02. The fourth-order valence-electron chi connectivity index (χ4n) is 1.76. The molecule has 0 radical (unpaired) electrons. The third-order valence-corrected chi connectivity index (χ3v) is 2.83. The zero-order chi connectivity index (χ0) is 11.1. The van der Waals surface area contributed by atoms with Crippen molar-refractivity contribution >= 4 is 12.4 Å². The van der Waals surface area contributed by atoms with E-state index < -0.39 is 0 Å². The summed E-state index contributed by atoms with van der Waals surface area (Å²) < 4.78 is 0. The molecule has 0 aliphatic carbocycles. The summed E-state index contributed by atoms with van der Waals surface area (Å²) in [6, 6.07) is 4.80. The van der Waals surface area contributed by atoms with Crippen LogP contribution in [0.5, 0.6) is 0 Å². The van der Waals surface area contributed by atoms with E-state index in [4.69, 9.17) is 0 Å². The van der Waals surface area contributed by atoms with Crippen LogP contribution in [0.15, 0.2) is 18.3 Å². The predicted octanol–water partition coefficient (Wildman–Crippen LogP) is 3.48. The van der Waals surface area contributed by atoms with E-state index in [1.54, 1.807) is 0 Å². The molecular formula is C13H23ClN2. The van der Waals surface area contributed by atoms with E-state index in [0.717, 1.165) is 12.2 Å². The summed E-state index contributed by atoms with van der Waals surface area (Å²) in [6.45, 7) is 7.49. The Morgan fingerprint density at radius 1 is 1.38 bits per heavy atom. The zero-order valence-corrected chi connectivity index (χ0v) is 11.3. The van der Waals surface area contributed by atoms with E-state index in [9.17, 15) is 0 Å². The van der Waals surface area contributed by atoms with Gasteiger partial charge in [-0.05, 0) is 31.4 Å². The minimum Gasteiger partial charge on any atom is -0.310 e. The van der Waals surface area contributed by atoms with Gasteiger partial charge in [-0.15, -0.1) is 12.4 Å². The van der Waals surface area contributed by atoms with Gasteiger partial charge in [0.15, 0.2) is 0 Å². The van der Waals surface area contributed by atoms with E-state index in [-0.39, 0.29) is 12.4 Å². The van der Waals surface area contributed by atoms with Gasteiger partial charge in [0.05, 0.1) is 0 Å². The van der Waals surface area contributed by atoms with Gasteiger partial charge < -0.3 is 5.32 Å². The molecule has 3 heteroatoms. The summed E-state index contributed by atoms with van der Waals surface area (Å²) in [4.78, 5) is 4.29. The maximum atomic E-state index is 4.29. The van der Waals surface area contributed by atoms with Gasteiger partial charge >= 0.3 is 0 Å². The molecule has 1 rings (SSSR count). The number of aromatic nitrogens is 1. The standard InChI is InChI=1S/C13H22N2.ClH/c1-4-7-13(5-2)15-10-12-8-6-9-14-11(12)3;/h6,8-9,13,15H,4-5,7,10H2,1-3H3;1H. The van der Waals surface area contributed by atoms with Crippen molar-refractivity contribution in [3.8, 4) is 0 Å². The molecule has 0 saturated carbocycles. The summed E-state index contributed by atoms with van der Waals surface area (Å²) >= 11 is 0. The first kappa shape index (κ1) is 15.4. The summed E-state index contributed by atoms with van der Waals surface area (Å²) in [6.07, 6.45) is 5.56. The number of pyridine rings is 1. The summed E-state index contributed by atoms with van der Waals surface area (Å²) in [5.74, 6) is 0. The van der Waals surface area contributed by atoms with Gasteiger partial charge in [-0.2, -0.15) is 0 Å². The molecule has 0 aromatic carbocycles. The lowest BCUT2D eigenvalue weighted by molar-refractivity contribution is 0.461. The fourth-order valence-corrected chi connectivity index (χ4v) is 1.76. The molecule has 0 saturated heterocycles. The van der Waals surface area contributed by atoms with Gasteiger partial charge in [0.1, 0.15) is 0 Å². The van der Waals surface area contributed by atoms with E-state index in [0.29, 0.717) is 6.04 Å². The quantitative estimate of drug-likeness (QED) is 0.826. The Balaban J connectivity index is 0.00000225. The molecule has 0 aliphatic rings. The molecule has 0 fully saturated rings. The number of halogens is 1. The van der Waals surface area contributed by atoms with Crippen LogP contribution in [0.1, 0.15) is 44.4 Å². The van der Waals surface area contributed by atoms with E-state index in [1.807, 2.05) is 12.3 Å². The molecule has 0 spiro atoms. The third kappa shape index (κ3) is 4.95. The van der Waals surface area contributed by atoms with Crippen molar-refractivity contribution in [2.45, 2.75) is 52.6 Å². The lowest BCUT2D eigenvalue weighted by atomic mass is 10.1. The molecule has 0 aliphatic heterocycles. The Hall–Kier alpha value is -0.600. The largest absolute Gasteiger partial charge is 0.310 e. The highest BCUT2D eigenvalue weighted by molar-refractivity contribution is 5.85. The van der Waals surface area contributed by atoms with Crippen molar-refractivity contribution in [1.29, 1.82) is 0 Å². The Bertz CT molecular complexity index is 289. The van der Waals surface area contributed by atoms with Crippen LogP contribution in [0.2, 0.25) is 0 Å². The number of rotatable bonds is 6. The number of nitrogens with one attached hydrogen (secondary N) is 1. The van der Waals surface area contributed by atoms with Crippen LogP contribution in [-0.4, -0.2) is 11.0 Å². The molecule has 2 nitrogen and oxygen atoms in total. The van der Waals surface area contributed by atoms with Crippen LogP contribution in [0, 0.1) is 6.92 Å². The second kappa shape index (κ2) is 8.54. The number of nitrogens with zero attached hydrogens (tertiary/aromatic N) is 1. The molecule has 1 N–H and O–H groups in total. The van der Waals surface area contributed by atoms with E-state index >= 15 is 0 Å². The first-order valence-electron chi connectivity index (χ1n) is 5.91. The van der Waals surface area contributed by atoms with Crippen LogP contribution >= 0.6 is 12.4 Å². The minimum atomic E-state index is 0. The molecule has 16 heavy (non-hydrogen) atoms. The highest BCUT2D eigenvalue weighted by Gasteiger charge is 2.05. The normalized spacial score (nSPS) is 11.9. The molecule has 1 aromatic heterocycles. The highest BCUT2D eigenvalue weighted by atomic mass is 35.5. The lowest BCUT2D eigenvalue weighted by Crippen LogP contribution is -2.28. The van der Waals surface area contributed by atoms with E-state index in [1.165, 1.54) is 24.8 Å². The summed E-state index contributed by atoms with van der Waals surface area (Å²) in [7, 11) is 0. The van der Waals surface area contributed by atoms with Gasteiger partial charge in [0.25, 0.3) is 0 Å². The molecular weight excluding hydrogens is 220 g/mol. The van der Waals surface area contributed by atoms with E-state index in [2.05, 4.69) is 37.1 Å². The van der Waals surface area contributed by atoms with Crippen LogP contribution in [0.3, 0.4) is 0 Å². The van der Waals surface area contributed by atoms with Crippen molar-refractivity contribution in [3.63, 3.8) is 0 Å². The summed E-state index contributed by atoms with van der Waals surface area (Å²) in [5, 5.41) is 3.59. The van der Waals surface area contributed by atoms with Gasteiger partial charge in [-0.25, -0.2) is 0 Å². The molecule has 1 unspecified atom stereocenters.